The highest BCUT2D eigenvalue weighted by Gasteiger charge is 2.03. The van der Waals surface area contributed by atoms with Crippen LogP contribution < -0.4 is 0 Å². The van der Waals surface area contributed by atoms with Crippen LogP contribution in [0.3, 0.4) is 0 Å². The fourth-order valence-corrected chi connectivity index (χ4v) is 1.62. The van der Waals surface area contributed by atoms with Crippen molar-refractivity contribution in [2.45, 2.75) is 6.42 Å². The fraction of sp³-hybridized carbons (Fsp3) is 0.133. The van der Waals surface area contributed by atoms with Crippen LogP contribution in [-0.4, -0.2) is 28.5 Å². The van der Waals surface area contributed by atoms with Gasteiger partial charge in [0.2, 0.25) is 0 Å². The Morgan fingerprint density at radius 2 is 2.20 bits per heavy atom. The van der Waals surface area contributed by atoms with Gasteiger partial charge >= 0.3 is 5.97 Å². The van der Waals surface area contributed by atoms with Crippen LogP contribution in [0.15, 0.2) is 66.3 Å². The molecular formula is C15H15N3O2. The summed E-state index contributed by atoms with van der Waals surface area (Å²) in [6, 6.07) is 9.77. The number of ether oxygens (including phenoxy) is 1. The molecule has 0 N–H and O–H groups in total. The maximum absolute atomic E-state index is 11.0. The SMILES string of the molecule is COC(=O)C/C=C\N=C(c1ccccc1)n1ccnc1. The van der Waals surface area contributed by atoms with Crippen LogP contribution in [0.25, 0.3) is 0 Å². The maximum atomic E-state index is 11.0. The van der Waals surface area contributed by atoms with Crippen LogP contribution in [0.1, 0.15) is 12.0 Å². The molecule has 0 aliphatic carbocycles. The summed E-state index contributed by atoms with van der Waals surface area (Å²) in [5, 5.41) is 0. The number of carbonyl (C=O) groups is 1. The highest BCUT2D eigenvalue weighted by Crippen LogP contribution is 2.04. The summed E-state index contributed by atoms with van der Waals surface area (Å²) in [6.07, 6.45) is 8.65. The third-order valence-corrected chi connectivity index (χ3v) is 2.60. The lowest BCUT2D eigenvalue weighted by atomic mass is 10.2. The van der Waals surface area contributed by atoms with Crippen molar-refractivity contribution in [1.82, 2.24) is 9.55 Å². The molecule has 0 unspecified atom stereocenters. The molecule has 0 bridgehead atoms. The number of aliphatic imine (C=N–C) groups is 1. The van der Waals surface area contributed by atoms with E-state index in [0.29, 0.717) is 0 Å². The molecule has 5 nitrogen and oxygen atoms in total. The lowest BCUT2D eigenvalue weighted by molar-refractivity contribution is -0.139. The standard InChI is InChI=1S/C15H15N3O2/c1-20-14(19)8-5-9-17-15(18-11-10-16-12-18)13-6-3-2-4-7-13/h2-7,9-12H,8H2,1H3/b9-5-,17-15?. The number of benzene rings is 1. The van der Waals surface area contributed by atoms with Crippen LogP contribution in [0.2, 0.25) is 0 Å². The molecule has 1 heterocycles. The summed E-state index contributed by atoms with van der Waals surface area (Å²) in [5.41, 5.74) is 0.966. The van der Waals surface area contributed by atoms with Crippen molar-refractivity contribution < 1.29 is 9.53 Å². The summed E-state index contributed by atoms with van der Waals surface area (Å²) < 4.78 is 6.38. The van der Waals surface area contributed by atoms with E-state index in [1.807, 2.05) is 41.1 Å². The molecule has 1 aromatic carbocycles. The molecule has 0 radical (unpaired) electrons. The molecular weight excluding hydrogens is 254 g/mol. The Balaban J connectivity index is 2.22. The second kappa shape index (κ2) is 7.04. The molecule has 0 fully saturated rings. The van der Waals surface area contributed by atoms with Gasteiger partial charge < -0.3 is 4.74 Å². The Kier molecular flexibility index (Phi) is 4.83. The molecule has 20 heavy (non-hydrogen) atoms. The number of hydrogen-bond acceptors (Lipinski definition) is 4. The van der Waals surface area contributed by atoms with Crippen molar-refractivity contribution in [2.24, 2.45) is 4.99 Å². The first-order valence-electron chi connectivity index (χ1n) is 6.14. The summed E-state index contributed by atoms with van der Waals surface area (Å²) in [4.78, 5) is 19.4. The van der Waals surface area contributed by atoms with Crippen molar-refractivity contribution in [3.8, 4) is 0 Å². The summed E-state index contributed by atoms with van der Waals surface area (Å²) in [5.74, 6) is 0.449. The van der Waals surface area contributed by atoms with Gasteiger partial charge in [0.05, 0.1) is 13.5 Å². The Bertz CT molecular complexity index is 601. The molecule has 0 amide bonds. The number of esters is 1. The number of methoxy groups -OCH3 is 1. The van der Waals surface area contributed by atoms with Gasteiger partial charge in [0, 0.05) is 24.2 Å². The average Bonchev–Trinajstić information content (AvgIpc) is 3.02. The molecule has 5 heteroatoms. The van der Waals surface area contributed by atoms with E-state index in [1.165, 1.54) is 7.11 Å². The molecule has 2 rings (SSSR count). The first-order valence-corrected chi connectivity index (χ1v) is 6.14. The normalized spacial score (nSPS) is 11.8. The minimum Gasteiger partial charge on any atom is -0.469 e. The van der Waals surface area contributed by atoms with Crippen LogP contribution >= 0.6 is 0 Å². The number of hydrogen-bond donors (Lipinski definition) is 0. The van der Waals surface area contributed by atoms with Crippen molar-refractivity contribution in [2.75, 3.05) is 7.11 Å². The lowest BCUT2D eigenvalue weighted by Gasteiger charge is -2.05. The van der Waals surface area contributed by atoms with Crippen molar-refractivity contribution in [3.05, 3.63) is 66.9 Å². The van der Waals surface area contributed by atoms with Crippen LogP contribution in [0, 0.1) is 0 Å². The van der Waals surface area contributed by atoms with E-state index in [1.54, 1.807) is 24.8 Å². The van der Waals surface area contributed by atoms with E-state index >= 15 is 0 Å². The Morgan fingerprint density at radius 3 is 2.85 bits per heavy atom. The van der Waals surface area contributed by atoms with Gasteiger partial charge in [-0.1, -0.05) is 36.4 Å². The van der Waals surface area contributed by atoms with Gasteiger partial charge in [0.1, 0.15) is 12.2 Å². The molecule has 0 aliphatic heterocycles. The zero-order chi connectivity index (χ0) is 14.2. The second-order valence-electron chi connectivity index (χ2n) is 3.95. The van der Waals surface area contributed by atoms with Gasteiger partial charge in [0.25, 0.3) is 0 Å². The van der Waals surface area contributed by atoms with E-state index in [0.717, 1.165) is 11.4 Å². The third-order valence-electron chi connectivity index (χ3n) is 2.60. The molecule has 0 saturated carbocycles. The largest absolute Gasteiger partial charge is 0.469 e. The Morgan fingerprint density at radius 1 is 1.40 bits per heavy atom. The predicted molar refractivity (Wildman–Crippen MR) is 76.4 cm³/mol. The number of nitrogens with zero attached hydrogens (tertiary/aromatic N) is 3. The summed E-state index contributed by atoms with van der Waals surface area (Å²) >= 11 is 0. The van der Waals surface area contributed by atoms with Gasteiger partial charge in [-0.15, -0.1) is 0 Å². The Hall–Kier alpha value is -2.69. The van der Waals surface area contributed by atoms with E-state index in [4.69, 9.17) is 0 Å². The number of carbonyl (C=O) groups excluding carboxylic acids is 1. The van der Waals surface area contributed by atoms with Crippen LogP contribution in [-0.2, 0) is 9.53 Å². The molecule has 102 valence electrons. The topological polar surface area (TPSA) is 56.5 Å². The first kappa shape index (κ1) is 13.7. The lowest BCUT2D eigenvalue weighted by Crippen LogP contribution is -2.11. The van der Waals surface area contributed by atoms with Crippen LogP contribution in [0.4, 0.5) is 0 Å². The minimum atomic E-state index is -0.291. The second-order valence-corrected chi connectivity index (χ2v) is 3.95. The number of aromatic nitrogens is 2. The monoisotopic (exact) mass is 269 g/mol. The van der Waals surface area contributed by atoms with Crippen molar-refractivity contribution >= 4 is 11.8 Å². The smallest absolute Gasteiger partial charge is 0.309 e. The first-order chi connectivity index (χ1) is 9.81. The molecule has 0 atom stereocenters. The van der Waals surface area contributed by atoms with Crippen molar-refractivity contribution in [1.29, 1.82) is 0 Å². The molecule has 1 aromatic heterocycles. The highest BCUT2D eigenvalue weighted by atomic mass is 16.5. The van der Waals surface area contributed by atoms with Gasteiger partial charge in [-0.2, -0.15) is 0 Å². The van der Waals surface area contributed by atoms with E-state index in [2.05, 4.69) is 14.7 Å². The molecule has 0 spiro atoms. The number of imidazole rings is 1. The molecule has 0 saturated heterocycles. The van der Waals surface area contributed by atoms with Crippen LogP contribution in [0.5, 0.6) is 0 Å². The van der Waals surface area contributed by atoms with Gasteiger partial charge in [-0.05, 0) is 0 Å². The fourth-order valence-electron chi connectivity index (χ4n) is 1.62. The van der Waals surface area contributed by atoms with Gasteiger partial charge in [-0.25, -0.2) is 9.98 Å². The minimum absolute atomic E-state index is 0.200. The van der Waals surface area contributed by atoms with Gasteiger partial charge in [-0.3, -0.25) is 9.36 Å². The predicted octanol–water partition coefficient (Wildman–Crippen LogP) is 2.25. The van der Waals surface area contributed by atoms with E-state index in [-0.39, 0.29) is 12.4 Å². The third kappa shape index (κ3) is 3.65. The maximum Gasteiger partial charge on any atom is 0.309 e. The zero-order valence-corrected chi connectivity index (χ0v) is 11.1. The van der Waals surface area contributed by atoms with Crippen molar-refractivity contribution in [3.63, 3.8) is 0 Å². The quantitative estimate of drug-likeness (QED) is 0.486. The highest BCUT2D eigenvalue weighted by molar-refractivity contribution is 6.00. The molecule has 0 aliphatic rings. The summed E-state index contributed by atoms with van der Waals surface area (Å²) in [7, 11) is 1.36. The summed E-state index contributed by atoms with van der Waals surface area (Å²) in [6.45, 7) is 0. The zero-order valence-electron chi connectivity index (χ0n) is 11.1. The Labute approximate surface area is 117 Å². The van der Waals surface area contributed by atoms with Gasteiger partial charge in [0.15, 0.2) is 0 Å². The average molecular weight is 269 g/mol. The number of rotatable bonds is 4. The van der Waals surface area contributed by atoms with E-state index < -0.39 is 0 Å². The van der Waals surface area contributed by atoms with E-state index in [9.17, 15) is 4.79 Å². The molecule has 2 aromatic rings.